The molecule has 0 aromatic heterocycles. The fourth-order valence-corrected chi connectivity index (χ4v) is 2.25. The fourth-order valence-electron chi connectivity index (χ4n) is 1.06. The molecule has 1 amide bonds. The smallest absolute Gasteiger partial charge is 0.261 e. The van der Waals surface area contributed by atoms with Crippen molar-refractivity contribution in [2.45, 2.75) is 4.90 Å². The van der Waals surface area contributed by atoms with Crippen molar-refractivity contribution in [2.24, 2.45) is 0 Å². The van der Waals surface area contributed by atoms with Crippen LogP contribution in [0.5, 0.6) is 0 Å². The Morgan fingerprint density at radius 3 is 2.38 bits per heavy atom. The summed E-state index contributed by atoms with van der Waals surface area (Å²) >= 11 is 3.18. The molecule has 4 nitrogen and oxygen atoms in total. The van der Waals surface area contributed by atoms with Crippen molar-refractivity contribution in [3.63, 3.8) is 0 Å². The molecule has 0 aliphatic heterocycles. The van der Waals surface area contributed by atoms with E-state index in [1.165, 1.54) is 23.1 Å². The van der Waals surface area contributed by atoms with E-state index in [1.807, 2.05) is 0 Å². The molecule has 0 fully saturated rings. The van der Waals surface area contributed by atoms with Crippen LogP contribution in [-0.4, -0.2) is 33.3 Å². The minimum atomic E-state index is -3.82. The van der Waals surface area contributed by atoms with Gasteiger partial charge in [0.05, 0.1) is 10.5 Å². The molecule has 1 rings (SSSR count). The number of amides is 1. The van der Waals surface area contributed by atoms with Gasteiger partial charge in [-0.15, -0.1) is 0 Å². The summed E-state index contributed by atoms with van der Waals surface area (Å²) in [6, 6.07) is 4.06. The summed E-state index contributed by atoms with van der Waals surface area (Å²) in [6.07, 6.45) is 0. The highest BCUT2D eigenvalue weighted by molar-refractivity contribution is 9.10. The second-order valence-electron chi connectivity index (χ2n) is 3.28. The van der Waals surface area contributed by atoms with Crippen LogP contribution in [0.2, 0.25) is 0 Å². The lowest BCUT2D eigenvalue weighted by atomic mass is 10.2. The molecule has 0 aliphatic rings. The molecule has 0 saturated heterocycles. The molecule has 88 valence electrons. The first-order valence-electron chi connectivity index (χ1n) is 4.19. The van der Waals surface area contributed by atoms with Crippen LogP contribution in [0.15, 0.2) is 27.6 Å². The van der Waals surface area contributed by atoms with E-state index in [4.69, 9.17) is 10.7 Å². The van der Waals surface area contributed by atoms with Gasteiger partial charge in [-0.25, -0.2) is 8.42 Å². The van der Waals surface area contributed by atoms with Crippen molar-refractivity contribution in [3.8, 4) is 0 Å². The Morgan fingerprint density at radius 1 is 1.38 bits per heavy atom. The molecule has 0 heterocycles. The highest BCUT2D eigenvalue weighted by Crippen LogP contribution is 2.23. The van der Waals surface area contributed by atoms with Gasteiger partial charge in [-0.1, -0.05) is 0 Å². The van der Waals surface area contributed by atoms with Crippen LogP contribution in [-0.2, 0) is 9.05 Å². The van der Waals surface area contributed by atoms with E-state index in [9.17, 15) is 13.2 Å². The van der Waals surface area contributed by atoms with Crippen LogP contribution >= 0.6 is 26.6 Å². The van der Waals surface area contributed by atoms with E-state index in [0.717, 1.165) is 0 Å². The summed E-state index contributed by atoms with van der Waals surface area (Å²) in [5, 5.41) is 0. The third-order valence-electron chi connectivity index (χ3n) is 1.86. The van der Waals surface area contributed by atoms with Gasteiger partial charge < -0.3 is 4.90 Å². The first kappa shape index (κ1) is 13.5. The minimum absolute atomic E-state index is 0.0948. The molecular formula is C9H9BrClNO3S. The largest absolute Gasteiger partial charge is 0.345 e. The van der Waals surface area contributed by atoms with E-state index in [0.29, 0.717) is 4.47 Å². The van der Waals surface area contributed by atoms with Crippen molar-refractivity contribution in [3.05, 3.63) is 28.2 Å². The first-order chi connectivity index (χ1) is 7.23. The van der Waals surface area contributed by atoms with Crippen LogP contribution in [0.3, 0.4) is 0 Å². The van der Waals surface area contributed by atoms with Gasteiger partial charge in [0.1, 0.15) is 0 Å². The summed E-state index contributed by atoms with van der Waals surface area (Å²) in [5.74, 6) is -0.297. The van der Waals surface area contributed by atoms with Gasteiger partial charge in [-0.3, -0.25) is 4.79 Å². The van der Waals surface area contributed by atoms with E-state index < -0.39 is 9.05 Å². The average Bonchev–Trinajstić information content (AvgIpc) is 2.15. The highest BCUT2D eigenvalue weighted by Gasteiger charge is 2.17. The molecular weight excluding hydrogens is 318 g/mol. The number of carbonyl (C=O) groups is 1. The Morgan fingerprint density at radius 2 is 1.94 bits per heavy atom. The maximum Gasteiger partial charge on any atom is 0.261 e. The predicted molar refractivity (Wildman–Crippen MR) is 65.2 cm³/mol. The zero-order valence-corrected chi connectivity index (χ0v) is 11.7. The molecule has 0 aliphatic carbocycles. The van der Waals surface area contributed by atoms with Crippen molar-refractivity contribution in [1.29, 1.82) is 0 Å². The minimum Gasteiger partial charge on any atom is -0.345 e. The molecule has 0 bridgehead atoms. The Kier molecular flexibility index (Phi) is 3.98. The number of carbonyl (C=O) groups excluding carboxylic acids is 1. The molecule has 1 aromatic carbocycles. The lowest BCUT2D eigenvalue weighted by molar-refractivity contribution is 0.0826. The van der Waals surface area contributed by atoms with E-state index in [2.05, 4.69) is 15.9 Å². The summed E-state index contributed by atoms with van der Waals surface area (Å²) in [5.41, 5.74) is 0.256. The molecule has 16 heavy (non-hydrogen) atoms. The maximum atomic E-state index is 11.7. The molecule has 0 spiro atoms. The second-order valence-corrected chi connectivity index (χ2v) is 6.70. The third kappa shape index (κ3) is 2.96. The summed E-state index contributed by atoms with van der Waals surface area (Å²) in [7, 11) is 4.54. The van der Waals surface area contributed by atoms with Crippen LogP contribution in [0.4, 0.5) is 0 Å². The zero-order valence-electron chi connectivity index (χ0n) is 8.57. The number of halogens is 2. The molecule has 0 N–H and O–H groups in total. The normalized spacial score (nSPS) is 11.2. The lowest BCUT2D eigenvalue weighted by Gasteiger charge is -2.12. The van der Waals surface area contributed by atoms with E-state index >= 15 is 0 Å². The van der Waals surface area contributed by atoms with Gasteiger partial charge in [-0.2, -0.15) is 0 Å². The van der Waals surface area contributed by atoms with Crippen LogP contribution < -0.4 is 0 Å². The summed E-state index contributed by atoms with van der Waals surface area (Å²) in [4.78, 5) is 13.0. The third-order valence-corrected chi connectivity index (χ3v) is 3.90. The number of hydrogen-bond donors (Lipinski definition) is 0. The van der Waals surface area contributed by atoms with Gasteiger partial charge in [0, 0.05) is 29.3 Å². The molecule has 0 unspecified atom stereocenters. The Hall–Kier alpha value is -0.590. The molecule has 0 atom stereocenters. The molecule has 1 aromatic rings. The maximum absolute atomic E-state index is 11.7. The summed E-state index contributed by atoms with van der Waals surface area (Å²) in [6.45, 7) is 0. The number of hydrogen-bond acceptors (Lipinski definition) is 3. The first-order valence-corrected chi connectivity index (χ1v) is 7.29. The number of benzene rings is 1. The van der Waals surface area contributed by atoms with Gasteiger partial charge in [0.2, 0.25) is 0 Å². The van der Waals surface area contributed by atoms with Crippen molar-refractivity contribution >= 4 is 41.6 Å². The SMILES string of the molecule is CN(C)C(=O)c1cc(S(=O)(=O)Cl)ccc1Br. The monoisotopic (exact) mass is 325 g/mol. The quantitative estimate of drug-likeness (QED) is 0.782. The van der Waals surface area contributed by atoms with E-state index in [1.54, 1.807) is 14.1 Å². The van der Waals surface area contributed by atoms with E-state index in [-0.39, 0.29) is 16.4 Å². The Bertz CT molecular complexity index is 528. The second kappa shape index (κ2) is 4.73. The Labute approximate surface area is 107 Å². The Balaban J connectivity index is 3.36. The molecule has 0 radical (unpaired) electrons. The van der Waals surface area contributed by atoms with Gasteiger partial charge in [-0.05, 0) is 34.1 Å². The topological polar surface area (TPSA) is 54.5 Å². The standard InChI is InChI=1S/C9H9BrClNO3S/c1-12(2)9(13)7-5-6(16(11,14)15)3-4-8(7)10/h3-5H,1-2H3. The van der Waals surface area contributed by atoms with Crippen molar-refractivity contribution in [1.82, 2.24) is 4.90 Å². The fraction of sp³-hybridized carbons (Fsp3) is 0.222. The highest BCUT2D eigenvalue weighted by atomic mass is 79.9. The van der Waals surface area contributed by atoms with Crippen LogP contribution in [0.1, 0.15) is 10.4 Å². The van der Waals surface area contributed by atoms with Crippen molar-refractivity contribution in [2.75, 3.05) is 14.1 Å². The summed E-state index contributed by atoms with van der Waals surface area (Å²) < 4.78 is 22.8. The van der Waals surface area contributed by atoms with Gasteiger partial charge in [0.25, 0.3) is 15.0 Å². The number of rotatable bonds is 2. The van der Waals surface area contributed by atoms with Gasteiger partial charge in [0.15, 0.2) is 0 Å². The van der Waals surface area contributed by atoms with Crippen LogP contribution in [0, 0.1) is 0 Å². The number of nitrogens with zero attached hydrogens (tertiary/aromatic N) is 1. The zero-order chi connectivity index (χ0) is 12.5. The molecule has 7 heteroatoms. The molecule has 0 saturated carbocycles. The van der Waals surface area contributed by atoms with Crippen LogP contribution in [0.25, 0.3) is 0 Å². The van der Waals surface area contributed by atoms with Crippen molar-refractivity contribution < 1.29 is 13.2 Å². The average molecular weight is 327 g/mol. The van der Waals surface area contributed by atoms with Gasteiger partial charge >= 0.3 is 0 Å². The lowest BCUT2D eigenvalue weighted by Crippen LogP contribution is -2.22. The predicted octanol–water partition coefficient (Wildman–Crippen LogP) is 2.08.